The second-order valence-electron chi connectivity index (χ2n) is 6.64. The van der Waals surface area contributed by atoms with Crippen LogP contribution in [0, 0.1) is 0 Å². The van der Waals surface area contributed by atoms with E-state index in [1.807, 2.05) is 48.7 Å². The molecule has 0 atom stereocenters. The van der Waals surface area contributed by atoms with E-state index >= 15 is 0 Å². The highest BCUT2D eigenvalue weighted by atomic mass is 16.5. The fraction of sp³-hybridized carbons (Fsp3) is 0.0870. The van der Waals surface area contributed by atoms with Crippen LogP contribution in [-0.2, 0) is 6.61 Å². The molecular formula is C23H18N2O2. The lowest BCUT2D eigenvalue weighted by Crippen LogP contribution is -1.88. The summed E-state index contributed by atoms with van der Waals surface area (Å²) in [6.45, 7) is 0.0334. The number of nitrogens with one attached hydrogen (secondary N) is 1. The van der Waals surface area contributed by atoms with Gasteiger partial charge in [-0.05, 0) is 46.7 Å². The zero-order valence-corrected chi connectivity index (χ0v) is 14.9. The Morgan fingerprint density at radius 1 is 0.963 bits per heavy atom. The number of pyridine rings is 1. The second-order valence-corrected chi connectivity index (χ2v) is 6.64. The van der Waals surface area contributed by atoms with Gasteiger partial charge in [0.1, 0.15) is 5.75 Å². The molecule has 2 aromatic heterocycles. The van der Waals surface area contributed by atoms with Crippen molar-refractivity contribution in [2.45, 2.75) is 6.61 Å². The quantitative estimate of drug-likeness (QED) is 0.477. The third-order valence-electron chi connectivity index (χ3n) is 5.11. The predicted octanol–water partition coefficient (Wildman–Crippen LogP) is 5.04. The van der Waals surface area contributed by atoms with Gasteiger partial charge in [-0.2, -0.15) is 0 Å². The minimum Gasteiger partial charge on any atom is -0.497 e. The van der Waals surface area contributed by atoms with Gasteiger partial charge in [0.05, 0.1) is 24.9 Å². The van der Waals surface area contributed by atoms with E-state index in [0.717, 1.165) is 55.1 Å². The lowest BCUT2D eigenvalue weighted by atomic mass is 10.00. The summed E-state index contributed by atoms with van der Waals surface area (Å²) < 4.78 is 5.36. The summed E-state index contributed by atoms with van der Waals surface area (Å²) in [5, 5.41) is 13.9. The topological polar surface area (TPSA) is 58.1 Å². The SMILES string of the molecule is COc1ccc2c(-c3nccc4c3[nH]c3ccc(CO)cc34)cccc2c1. The largest absolute Gasteiger partial charge is 0.497 e. The molecule has 0 bridgehead atoms. The lowest BCUT2D eigenvalue weighted by molar-refractivity contribution is 0.282. The van der Waals surface area contributed by atoms with Crippen LogP contribution in [-0.4, -0.2) is 22.2 Å². The summed E-state index contributed by atoms with van der Waals surface area (Å²) in [6.07, 6.45) is 1.85. The van der Waals surface area contributed by atoms with Crippen molar-refractivity contribution in [3.05, 3.63) is 72.4 Å². The number of aromatic amines is 1. The Bertz CT molecular complexity index is 1300. The summed E-state index contributed by atoms with van der Waals surface area (Å²) in [5.41, 5.74) is 4.95. The summed E-state index contributed by atoms with van der Waals surface area (Å²) >= 11 is 0. The average molecular weight is 354 g/mol. The van der Waals surface area contributed by atoms with E-state index in [1.165, 1.54) is 0 Å². The summed E-state index contributed by atoms with van der Waals surface area (Å²) in [7, 11) is 1.68. The molecule has 4 heteroatoms. The van der Waals surface area contributed by atoms with E-state index in [2.05, 4.69) is 23.2 Å². The molecule has 5 rings (SSSR count). The highest BCUT2D eigenvalue weighted by molar-refractivity contribution is 6.13. The summed E-state index contributed by atoms with van der Waals surface area (Å²) in [5.74, 6) is 0.841. The van der Waals surface area contributed by atoms with Crippen molar-refractivity contribution in [2.75, 3.05) is 7.11 Å². The number of hydrogen-bond acceptors (Lipinski definition) is 3. The molecule has 2 heterocycles. The van der Waals surface area contributed by atoms with E-state index < -0.39 is 0 Å². The first-order chi connectivity index (χ1) is 13.3. The lowest BCUT2D eigenvalue weighted by Gasteiger charge is -2.09. The summed E-state index contributed by atoms with van der Waals surface area (Å²) in [6, 6.07) is 20.3. The van der Waals surface area contributed by atoms with Crippen molar-refractivity contribution >= 4 is 32.6 Å². The van der Waals surface area contributed by atoms with Gasteiger partial charge in [-0.25, -0.2) is 0 Å². The fourth-order valence-corrected chi connectivity index (χ4v) is 3.77. The van der Waals surface area contributed by atoms with E-state index in [4.69, 9.17) is 9.72 Å². The normalized spacial score (nSPS) is 11.5. The maximum Gasteiger partial charge on any atom is 0.119 e. The Kier molecular flexibility index (Phi) is 3.59. The molecule has 2 N–H and O–H groups in total. The molecule has 0 fully saturated rings. The number of aliphatic hydroxyl groups is 1. The predicted molar refractivity (Wildman–Crippen MR) is 109 cm³/mol. The molecule has 0 radical (unpaired) electrons. The van der Waals surface area contributed by atoms with Gasteiger partial charge in [0.25, 0.3) is 0 Å². The smallest absolute Gasteiger partial charge is 0.119 e. The minimum atomic E-state index is 0.0334. The zero-order valence-electron chi connectivity index (χ0n) is 14.9. The van der Waals surface area contributed by atoms with Crippen LogP contribution in [0.1, 0.15) is 5.56 Å². The van der Waals surface area contributed by atoms with Gasteiger partial charge in [-0.1, -0.05) is 30.3 Å². The van der Waals surface area contributed by atoms with E-state index in [9.17, 15) is 5.11 Å². The molecule has 0 amide bonds. The van der Waals surface area contributed by atoms with Gasteiger partial charge in [0, 0.05) is 28.0 Å². The number of ether oxygens (including phenoxy) is 1. The van der Waals surface area contributed by atoms with Crippen LogP contribution in [0.15, 0.2) is 66.9 Å². The highest BCUT2D eigenvalue weighted by Crippen LogP contribution is 2.36. The van der Waals surface area contributed by atoms with Gasteiger partial charge in [0.2, 0.25) is 0 Å². The highest BCUT2D eigenvalue weighted by Gasteiger charge is 2.13. The average Bonchev–Trinajstić information content (AvgIpc) is 3.10. The molecule has 0 aliphatic carbocycles. The van der Waals surface area contributed by atoms with Crippen LogP contribution in [0.2, 0.25) is 0 Å². The number of hydrogen-bond donors (Lipinski definition) is 2. The zero-order chi connectivity index (χ0) is 18.4. The van der Waals surface area contributed by atoms with Crippen LogP contribution >= 0.6 is 0 Å². The van der Waals surface area contributed by atoms with Crippen LogP contribution in [0.3, 0.4) is 0 Å². The van der Waals surface area contributed by atoms with E-state index in [1.54, 1.807) is 7.11 Å². The number of fused-ring (bicyclic) bond motifs is 4. The molecule has 3 aromatic carbocycles. The van der Waals surface area contributed by atoms with E-state index in [-0.39, 0.29) is 6.61 Å². The van der Waals surface area contributed by atoms with Crippen molar-refractivity contribution < 1.29 is 9.84 Å². The molecule has 0 unspecified atom stereocenters. The molecule has 27 heavy (non-hydrogen) atoms. The third kappa shape index (κ3) is 2.46. The number of aliphatic hydroxyl groups excluding tert-OH is 1. The van der Waals surface area contributed by atoms with Gasteiger partial charge >= 0.3 is 0 Å². The maximum atomic E-state index is 9.47. The molecule has 0 saturated heterocycles. The van der Waals surface area contributed by atoms with Crippen LogP contribution in [0.5, 0.6) is 5.75 Å². The van der Waals surface area contributed by atoms with E-state index in [0.29, 0.717) is 0 Å². The first-order valence-corrected chi connectivity index (χ1v) is 8.86. The first kappa shape index (κ1) is 15.9. The standard InChI is InChI=1S/C23H18N2O2/c1-27-16-6-7-17-15(12-16)3-2-4-18(17)22-23-19(9-10-24-22)20-11-14(13-26)5-8-21(20)25-23/h2-12,25-26H,13H2,1H3. The Balaban J connectivity index is 1.82. The minimum absolute atomic E-state index is 0.0334. The van der Waals surface area contributed by atoms with Crippen LogP contribution in [0.4, 0.5) is 0 Å². The van der Waals surface area contributed by atoms with Crippen molar-refractivity contribution in [3.63, 3.8) is 0 Å². The van der Waals surface area contributed by atoms with Gasteiger partial charge in [0.15, 0.2) is 0 Å². The third-order valence-corrected chi connectivity index (χ3v) is 5.11. The number of benzene rings is 3. The van der Waals surface area contributed by atoms with Gasteiger partial charge in [-0.3, -0.25) is 4.98 Å². The molecule has 4 nitrogen and oxygen atoms in total. The molecule has 5 aromatic rings. The first-order valence-electron chi connectivity index (χ1n) is 8.86. The number of nitrogens with zero attached hydrogens (tertiary/aromatic N) is 1. The Hall–Kier alpha value is -3.37. The Morgan fingerprint density at radius 2 is 1.89 bits per heavy atom. The Labute approximate surface area is 156 Å². The van der Waals surface area contributed by atoms with Crippen LogP contribution < -0.4 is 4.74 Å². The Morgan fingerprint density at radius 3 is 2.74 bits per heavy atom. The van der Waals surface area contributed by atoms with Crippen molar-refractivity contribution in [2.24, 2.45) is 0 Å². The number of methoxy groups -OCH3 is 1. The number of rotatable bonds is 3. The molecule has 132 valence electrons. The molecular weight excluding hydrogens is 336 g/mol. The van der Waals surface area contributed by atoms with Gasteiger partial charge in [-0.15, -0.1) is 0 Å². The molecule has 0 aliphatic heterocycles. The van der Waals surface area contributed by atoms with Gasteiger partial charge < -0.3 is 14.8 Å². The molecule has 0 spiro atoms. The van der Waals surface area contributed by atoms with Crippen LogP contribution in [0.25, 0.3) is 43.8 Å². The van der Waals surface area contributed by atoms with Crippen molar-refractivity contribution in [1.29, 1.82) is 0 Å². The maximum absolute atomic E-state index is 9.47. The second kappa shape index (κ2) is 6.11. The number of H-pyrrole nitrogens is 1. The monoisotopic (exact) mass is 354 g/mol. The molecule has 0 saturated carbocycles. The molecule has 0 aliphatic rings. The number of aromatic nitrogens is 2. The van der Waals surface area contributed by atoms with Crippen molar-refractivity contribution in [3.8, 4) is 17.0 Å². The fourth-order valence-electron chi connectivity index (χ4n) is 3.77. The van der Waals surface area contributed by atoms with Crippen molar-refractivity contribution in [1.82, 2.24) is 9.97 Å². The summed E-state index contributed by atoms with van der Waals surface area (Å²) in [4.78, 5) is 8.21.